The number of carbonyl (C=O) groups excluding carboxylic acids is 2. The Kier molecular flexibility index (Phi) is 4.88. The SMILES string of the molecule is O=C(CCl)NNC(=O)Nc1cccc(Cl)c1. The second kappa shape index (κ2) is 6.19. The summed E-state index contributed by atoms with van der Waals surface area (Å²) in [7, 11) is 0. The maximum Gasteiger partial charge on any atom is 0.337 e. The summed E-state index contributed by atoms with van der Waals surface area (Å²) < 4.78 is 0. The van der Waals surface area contributed by atoms with Crippen molar-refractivity contribution in [2.45, 2.75) is 0 Å². The lowest BCUT2D eigenvalue weighted by Crippen LogP contribution is -2.44. The van der Waals surface area contributed by atoms with E-state index in [2.05, 4.69) is 16.2 Å². The molecule has 7 heteroatoms. The highest BCUT2D eigenvalue weighted by atomic mass is 35.5. The van der Waals surface area contributed by atoms with E-state index in [1.165, 1.54) is 0 Å². The lowest BCUT2D eigenvalue weighted by molar-refractivity contribution is -0.119. The van der Waals surface area contributed by atoms with Crippen molar-refractivity contribution in [1.29, 1.82) is 0 Å². The van der Waals surface area contributed by atoms with E-state index >= 15 is 0 Å². The van der Waals surface area contributed by atoms with E-state index in [0.29, 0.717) is 10.7 Å². The number of amides is 3. The molecular weight excluding hydrogens is 253 g/mol. The summed E-state index contributed by atoms with van der Waals surface area (Å²) in [5, 5.41) is 2.97. The van der Waals surface area contributed by atoms with Crippen LogP contribution in [0, 0.1) is 0 Å². The van der Waals surface area contributed by atoms with Crippen LogP contribution in [-0.4, -0.2) is 17.8 Å². The van der Waals surface area contributed by atoms with E-state index in [1.807, 2.05) is 0 Å². The van der Waals surface area contributed by atoms with Gasteiger partial charge in [-0.05, 0) is 18.2 Å². The molecule has 0 atom stereocenters. The highest BCUT2D eigenvalue weighted by Gasteiger charge is 2.03. The normalized spacial score (nSPS) is 9.38. The summed E-state index contributed by atoms with van der Waals surface area (Å²) >= 11 is 10.9. The lowest BCUT2D eigenvalue weighted by atomic mass is 10.3. The van der Waals surface area contributed by atoms with Gasteiger partial charge in [0.2, 0.25) is 0 Å². The molecule has 1 aromatic carbocycles. The quantitative estimate of drug-likeness (QED) is 0.561. The molecule has 0 saturated carbocycles. The number of nitrogens with one attached hydrogen (secondary N) is 3. The first kappa shape index (κ1) is 12.6. The highest BCUT2D eigenvalue weighted by molar-refractivity contribution is 6.30. The van der Waals surface area contributed by atoms with Crippen LogP contribution in [0.15, 0.2) is 24.3 Å². The van der Waals surface area contributed by atoms with E-state index in [4.69, 9.17) is 23.2 Å². The van der Waals surface area contributed by atoms with Crippen LogP contribution in [0.2, 0.25) is 5.02 Å². The van der Waals surface area contributed by atoms with E-state index in [0.717, 1.165) is 0 Å². The molecular formula is C9H9Cl2N3O2. The monoisotopic (exact) mass is 261 g/mol. The molecule has 0 spiro atoms. The minimum absolute atomic E-state index is 0.225. The zero-order valence-corrected chi connectivity index (χ0v) is 9.60. The summed E-state index contributed by atoms with van der Waals surface area (Å²) in [6.45, 7) is 0. The minimum Gasteiger partial charge on any atom is -0.307 e. The molecule has 1 aromatic rings. The Bertz CT molecular complexity index is 398. The molecule has 0 aromatic heterocycles. The van der Waals surface area contributed by atoms with Crippen molar-refractivity contribution in [3.63, 3.8) is 0 Å². The van der Waals surface area contributed by atoms with Crippen LogP contribution in [0.25, 0.3) is 0 Å². The molecule has 0 heterocycles. The summed E-state index contributed by atoms with van der Waals surface area (Å²) in [6, 6.07) is 6.02. The molecule has 0 aliphatic heterocycles. The lowest BCUT2D eigenvalue weighted by Gasteiger charge is -2.07. The second-order valence-corrected chi connectivity index (χ2v) is 3.47. The average molecular weight is 262 g/mol. The van der Waals surface area contributed by atoms with Gasteiger partial charge in [-0.15, -0.1) is 11.6 Å². The van der Waals surface area contributed by atoms with Gasteiger partial charge in [0.05, 0.1) is 0 Å². The van der Waals surface area contributed by atoms with Crippen LogP contribution in [0.1, 0.15) is 0 Å². The molecule has 1 rings (SSSR count). The molecule has 0 saturated heterocycles. The third kappa shape index (κ3) is 4.37. The number of hydrogen-bond donors (Lipinski definition) is 3. The molecule has 16 heavy (non-hydrogen) atoms. The Hall–Kier alpha value is -1.46. The molecule has 5 nitrogen and oxygen atoms in total. The van der Waals surface area contributed by atoms with Crippen LogP contribution < -0.4 is 16.2 Å². The number of anilines is 1. The fourth-order valence-corrected chi connectivity index (χ4v) is 1.15. The number of carbonyl (C=O) groups is 2. The number of hydrazine groups is 1. The highest BCUT2D eigenvalue weighted by Crippen LogP contribution is 2.14. The predicted molar refractivity (Wildman–Crippen MR) is 62.5 cm³/mol. The van der Waals surface area contributed by atoms with Crippen LogP contribution in [0.4, 0.5) is 10.5 Å². The minimum atomic E-state index is -0.583. The maximum absolute atomic E-state index is 11.2. The Morgan fingerprint density at radius 1 is 1.25 bits per heavy atom. The van der Waals surface area contributed by atoms with E-state index in [1.54, 1.807) is 24.3 Å². The van der Waals surface area contributed by atoms with Gasteiger partial charge in [-0.3, -0.25) is 10.2 Å². The van der Waals surface area contributed by atoms with Gasteiger partial charge in [0.1, 0.15) is 5.88 Å². The Morgan fingerprint density at radius 3 is 2.62 bits per heavy atom. The smallest absolute Gasteiger partial charge is 0.307 e. The second-order valence-electron chi connectivity index (χ2n) is 2.77. The van der Waals surface area contributed by atoms with Gasteiger partial charge in [0, 0.05) is 10.7 Å². The first-order valence-corrected chi connectivity index (χ1v) is 5.20. The molecule has 0 fully saturated rings. The van der Waals surface area contributed by atoms with E-state index in [-0.39, 0.29) is 5.88 Å². The van der Waals surface area contributed by atoms with Crippen LogP contribution in [0.5, 0.6) is 0 Å². The molecule has 3 N–H and O–H groups in total. The van der Waals surface area contributed by atoms with Crippen LogP contribution in [0.3, 0.4) is 0 Å². The number of halogens is 2. The van der Waals surface area contributed by atoms with Crippen molar-refractivity contribution in [3.05, 3.63) is 29.3 Å². The Morgan fingerprint density at radius 2 is 2.00 bits per heavy atom. The molecule has 0 radical (unpaired) electrons. The van der Waals surface area contributed by atoms with Crippen LogP contribution >= 0.6 is 23.2 Å². The Labute approximate surface area is 102 Å². The van der Waals surface area contributed by atoms with Gasteiger partial charge < -0.3 is 5.32 Å². The number of hydrogen-bond acceptors (Lipinski definition) is 2. The molecule has 0 bridgehead atoms. The number of alkyl halides is 1. The molecule has 3 amide bonds. The standard InChI is InChI=1S/C9H9Cl2N3O2/c10-5-8(15)13-14-9(16)12-7-3-1-2-6(11)4-7/h1-4H,5H2,(H,13,15)(H2,12,14,16). The molecule has 86 valence electrons. The zero-order valence-electron chi connectivity index (χ0n) is 8.09. The van der Waals surface area contributed by atoms with Gasteiger partial charge >= 0.3 is 6.03 Å². The fraction of sp³-hybridized carbons (Fsp3) is 0.111. The van der Waals surface area contributed by atoms with E-state index in [9.17, 15) is 9.59 Å². The first-order valence-electron chi connectivity index (χ1n) is 4.29. The van der Waals surface area contributed by atoms with Crippen molar-refractivity contribution in [3.8, 4) is 0 Å². The largest absolute Gasteiger partial charge is 0.337 e. The summed E-state index contributed by atoms with van der Waals surface area (Å²) in [5.74, 6) is -0.722. The van der Waals surface area contributed by atoms with Gasteiger partial charge in [-0.25, -0.2) is 10.2 Å². The first-order chi connectivity index (χ1) is 7.61. The topological polar surface area (TPSA) is 70.2 Å². The zero-order chi connectivity index (χ0) is 12.0. The van der Waals surface area contributed by atoms with Crippen molar-refractivity contribution in [1.82, 2.24) is 10.9 Å². The third-order valence-electron chi connectivity index (χ3n) is 1.52. The van der Waals surface area contributed by atoms with Gasteiger partial charge in [-0.2, -0.15) is 0 Å². The number of urea groups is 1. The fourth-order valence-electron chi connectivity index (χ4n) is 0.888. The van der Waals surface area contributed by atoms with Gasteiger partial charge in [0.25, 0.3) is 5.91 Å². The van der Waals surface area contributed by atoms with Crippen molar-refractivity contribution in [2.75, 3.05) is 11.2 Å². The van der Waals surface area contributed by atoms with Crippen molar-refractivity contribution < 1.29 is 9.59 Å². The molecule has 0 aliphatic rings. The predicted octanol–water partition coefficient (Wildman–Crippen LogP) is 1.73. The molecule has 0 aliphatic carbocycles. The third-order valence-corrected chi connectivity index (χ3v) is 2.00. The average Bonchev–Trinajstić information content (AvgIpc) is 2.26. The maximum atomic E-state index is 11.2. The van der Waals surface area contributed by atoms with Crippen molar-refractivity contribution in [2.24, 2.45) is 0 Å². The van der Waals surface area contributed by atoms with E-state index < -0.39 is 11.9 Å². The molecule has 0 unspecified atom stereocenters. The van der Waals surface area contributed by atoms with Gasteiger partial charge in [-0.1, -0.05) is 17.7 Å². The summed E-state index contributed by atoms with van der Waals surface area (Å²) in [6.07, 6.45) is 0. The number of benzene rings is 1. The van der Waals surface area contributed by atoms with Gasteiger partial charge in [0.15, 0.2) is 0 Å². The summed E-state index contributed by atoms with van der Waals surface area (Å²) in [5.41, 5.74) is 4.74. The van der Waals surface area contributed by atoms with Crippen LogP contribution in [-0.2, 0) is 4.79 Å². The summed E-state index contributed by atoms with van der Waals surface area (Å²) in [4.78, 5) is 21.9. The Balaban J connectivity index is 2.43. The van der Waals surface area contributed by atoms with Crippen molar-refractivity contribution >= 4 is 40.8 Å². The number of rotatable bonds is 2.